The van der Waals surface area contributed by atoms with Crippen LogP contribution in [0.4, 0.5) is 4.39 Å². The van der Waals surface area contributed by atoms with Crippen LogP contribution in [-0.4, -0.2) is 25.1 Å². The molecule has 0 saturated heterocycles. The van der Waals surface area contributed by atoms with Crippen molar-refractivity contribution in [3.05, 3.63) is 109 Å². The molecule has 0 saturated carbocycles. The molecule has 5 rings (SSSR count). The number of pyridine rings is 2. The van der Waals surface area contributed by atoms with Gasteiger partial charge in [0, 0.05) is 39.5 Å². The summed E-state index contributed by atoms with van der Waals surface area (Å²) in [6.45, 7) is 11.9. The van der Waals surface area contributed by atoms with E-state index >= 15 is 0 Å². The predicted molar refractivity (Wildman–Crippen MR) is 149 cm³/mol. The van der Waals surface area contributed by atoms with Gasteiger partial charge in [-0.1, -0.05) is 44.4 Å². The van der Waals surface area contributed by atoms with E-state index in [1.54, 1.807) is 36.8 Å². The molecule has 3 N–H and O–H groups in total. The summed E-state index contributed by atoms with van der Waals surface area (Å²) in [5.74, 6) is -0.289. The van der Waals surface area contributed by atoms with Crippen molar-refractivity contribution in [3.8, 4) is 22.5 Å². The molecule has 0 aliphatic rings. The molecule has 0 radical (unpaired) electrons. The van der Waals surface area contributed by atoms with Gasteiger partial charge in [0.25, 0.3) is 0 Å². The second-order valence-corrected chi connectivity index (χ2v) is 8.63. The minimum absolute atomic E-state index is 0.289. The van der Waals surface area contributed by atoms with E-state index in [1.807, 2.05) is 44.2 Å². The number of nitrogens with one attached hydrogen (secondary N) is 3. The van der Waals surface area contributed by atoms with Crippen LogP contribution in [0.3, 0.4) is 0 Å². The SMILES string of the molecule is C=C/C(=C\C(=C/C)c1cc2c(-c3cc4c(-c5ccccc5F)cncc4[nH]3)n[nH]c2cn1)NC(=C)CC. The Morgan fingerprint density at radius 3 is 2.68 bits per heavy atom. The first kappa shape index (κ1) is 23.9. The third-order valence-corrected chi connectivity index (χ3v) is 6.30. The quantitative estimate of drug-likeness (QED) is 0.199. The molecule has 4 heterocycles. The van der Waals surface area contributed by atoms with Crippen LogP contribution in [0.25, 0.3) is 49.9 Å². The molecule has 0 fully saturated rings. The number of allylic oxidation sites excluding steroid dienone is 5. The van der Waals surface area contributed by atoms with Gasteiger partial charge in [-0.2, -0.15) is 5.10 Å². The van der Waals surface area contributed by atoms with Crippen LogP contribution in [0, 0.1) is 5.82 Å². The van der Waals surface area contributed by atoms with Gasteiger partial charge in [-0.25, -0.2) is 4.39 Å². The van der Waals surface area contributed by atoms with Crippen LogP contribution in [0.5, 0.6) is 0 Å². The zero-order valence-corrected chi connectivity index (χ0v) is 20.8. The van der Waals surface area contributed by atoms with Crippen molar-refractivity contribution in [2.75, 3.05) is 0 Å². The Hall–Kier alpha value is -4.78. The van der Waals surface area contributed by atoms with Gasteiger partial charge in [0.2, 0.25) is 0 Å². The molecular formula is C30H27FN6. The van der Waals surface area contributed by atoms with Gasteiger partial charge in [-0.15, -0.1) is 0 Å². The van der Waals surface area contributed by atoms with Gasteiger partial charge in [0.15, 0.2) is 0 Å². The largest absolute Gasteiger partial charge is 0.359 e. The van der Waals surface area contributed by atoms with Crippen LogP contribution < -0.4 is 5.32 Å². The lowest BCUT2D eigenvalue weighted by Gasteiger charge is -2.10. The Morgan fingerprint density at radius 2 is 1.92 bits per heavy atom. The summed E-state index contributed by atoms with van der Waals surface area (Å²) >= 11 is 0. The second kappa shape index (κ2) is 10.1. The molecule has 0 aliphatic heterocycles. The minimum atomic E-state index is -0.289. The smallest absolute Gasteiger partial charge is 0.131 e. The predicted octanol–water partition coefficient (Wildman–Crippen LogP) is 7.29. The topological polar surface area (TPSA) is 82.3 Å². The van der Waals surface area contributed by atoms with Crippen LogP contribution in [0.2, 0.25) is 0 Å². The number of nitrogens with zero attached hydrogens (tertiary/aromatic N) is 3. The van der Waals surface area contributed by atoms with Crippen LogP contribution in [0.1, 0.15) is 26.0 Å². The summed E-state index contributed by atoms with van der Waals surface area (Å²) in [5.41, 5.74) is 7.87. The number of benzene rings is 1. The van der Waals surface area contributed by atoms with Gasteiger partial charge < -0.3 is 10.3 Å². The van der Waals surface area contributed by atoms with E-state index < -0.39 is 0 Å². The molecular weight excluding hydrogens is 463 g/mol. The number of rotatable bonds is 8. The fourth-order valence-electron chi connectivity index (χ4n) is 4.26. The average molecular weight is 491 g/mol. The molecule has 1 aromatic carbocycles. The first-order valence-corrected chi connectivity index (χ1v) is 12.0. The van der Waals surface area contributed by atoms with E-state index in [2.05, 4.69) is 43.6 Å². The average Bonchev–Trinajstić information content (AvgIpc) is 3.54. The molecule has 37 heavy (non-hydrogen) atoms. The second-order valence-electron chi connectivity index (χ2n) is 8.63. The van der Waals surface area contributed by atoms with E-state index in [1.165, 1.54) is 6.07 Å². The number of fused-ring (bicyclic) bond motifs is 2. The van der Waals surface area contributed by atoms with Gasteiger partial charge >= 0.3 is 0 Å². The molecule has 5 aromatic rings. The summed E-state index contributed by atoms with van der Waals surface area (Å²) in [4.78, 5) is 12.4. The molecule has 184 valence electrons. The van der Waals surface area contributed by atoms with Crippen LogP contribution in [0.15, 0.2) is 97.8 Å². The van der Waals surface area contributed by atoms with Crippen molar-refractivity contribution in [1.29, 1.82) is 0 Å². The highest BCUT2D eigenvalue weighted by atomic mass is 19.1. The zero-order chi connectivity index (χ0) is 25.9. The highest BCUT2D eigenvalue weighted by Crippen LogP contribution is 2.34. The summed E-state index contributed by atoms with van der Waals surface area (Å²) < 4.78 is 14.6. The number of hydrogen-bond acceptors (Lipinski definition) is 4. The molecule has 0 spiro atoms. The maximum Gasteiger partial charge on any atom is 0.131 e. The summed E-state index contributed by atoms with van der Waals surface area (Å²) in [6, 6.07) is 10.7. The standard InChI is InChI=1S/C30H27FN6/c1-5-18(4)34-20(7-3)12-19(6-2)26-14-23-29(17-33-26)36-37-30(23)27-13-22-24(15-32-16-28(22)35-27)21-10-8-9-11-25(21)31/h6-17,34-35H,3-5H2,1-2H3,(H,36,37)/b19-6+,20-12+. The molecule has 0 bridgehead atoms. The first-order valence-electron chi connectivity index (χ1n) is 12.0. The monoisotopic (exact) mass is 490 g/mol. The number of aromatic amines is 2. The molecule has 6 nitrogen and oxygen atoms in total. The third-order valence-electron chi connectivity index (χ3n) is 6.30. The van der Waals surface area contributed by atoms with E-state index in [4.69, 9.17) is 0 Å². The van der Waals surface area contributed by atoms with Gasteiger partial charge in [-0.05, 0) is 49.3 Å². The van der Waals surface area contributed by atoms with Crippen LogP contribution >= 0.6 is 0 Å². The fraction of sp³-hybridized carbons (Fsp3) is 0.100. The van der Waals surface area contributed by atoms with Crippen molar-refractivity contribution in [3.63, 3.8) is 0 Å². The molecule has 0 aliphatic carbocycles. The summed E-state index contributed by atoms with van der Waals surface area (Å²) in [6.07, 6.45) is 11.8. The van der Waals surface area contributed by atoms with Gasteiger partial charge in [0.1, 0.15) is 11.5 Å². The number of halogens is 1. The third kappa shape index (κ3) is 4.59. The molecule has 0 unspecified atom stereocenters. The lowest BCUT2D eigenvalue weighted by molar-refractivity contribution is 0.631. The van der Waals surface area contributed by atoms with Crippen molar-refractivity contribution in [1.82, 2.24) is 30.5 Å². The maximum atomic E-state index is 14.6. The molecule has 0 amide bonds. The number of hydrogen-bond donors (Lipinski definition) is 3. The summed E-state index contributed by atoms with van der Waals surface area (Å²) in [7, 11) is 0. The Balaban J connectivity index is 1.58. The Kier molecular flexibility index (Phi) is 6.51. The number of H-pyrrole nitrogens is 2. The van der Waals surface area contributed by atoms with Crippen LogP contribution in [-0.2, 0) is 0 Å². The van der Waals surface area contributed by atoms with E-state index in [-0.39, 0.29) is 5.82 Å². The Bertz CT molecular complexity index is 1700. The van der Waals surface area contributed by atoms with Crippen molar-refractivity contribution in [2.24, 2.45) is 0 Å². The van der Waals surface area contributed by atoms with Crippen molar-refractivity contribution < 1.29 is 4.39 Å². The van der Waals surface area contributed by atoms with E-state index in [0.717, 1.165) is 67.8 Å². The lowest BCUT2D eigenvalue weighted by Crippen LogP contribution is -2.09. The first-order chi connectivity index (χ1) is 18.0. The van der Waals surface area contributed by atoms with E-state index in [0.29, 0.717) is 5.56 Å². The highest BCUT2D eigenvalue weighted by Gasteiger charge is 2.16. The van der Waals surface area contributed by atoms with Gasteiger partial charge in [0.05, 0.1) is 34.8 Å². The fourth-order valence-corrected chi connectivity index (χ4v) is 4.26. The van der Waals surface area contributed by atoms with Crippen molar-refractivity contribution in [2.45, 2.75) is 20.3 Å². The minimum Gasteiger partial charge on any atom is -0.359 e. The summed E-state index contributed by atoms with van der Waals surface area (Å²) in [5, 5.41) is 12.7. The maximum absolute atomic E-state index is 14.6. The molecule has 7 heteroatoms. The normalized spacial score (nSPS) is 12.3. The molecule has 0 atom stereocenters. The lowest BCUT2D eigenvalue weighted by atomic mass is 10.0. The van der Waals surface area contributed by atoms with Gasteiger partial charge in [-0.3, -0.25) is 15.1 Å². The Labute approximate surface area is 214 Å². The molecule has 4 aromatic heterocycles. The highest BCUT2D eigenvalue weighted by molar-refractivity contribution is 6.01. The zero-order valence-electron chi connectivity index (χ0n) is 20.8. The van der Waals surface area contributed by atoms with Crippen molar-refractivity contribution >= 4 is 27.4 Å². The number of aromatic nitrogens is 5. The Morgan fingerprint density at radius 1 is 1.08 bits per heavy atom. The van der Waals surface area contributed by atoms with E-state index in [9.17, 15) is 4.39 Å².